The van der Waals surface area contributed by atoms with Crippen molar-refractivity contribution in [2.75, 3.05) is 26.2 Å². The lowest BCUT2D eigenvalue weighted by molar-refractivity contribution is 0.0912. The predicted molar refractivity (Wildman–Crippen MR) is 83.6 cm³/mol. The maximum absolute atomic E-state index is 12.9. The molecule has 1 aromatic heterocycles. The lowest BCUT2D eigenvalue weighted by Crippen LogP contribution is -2.34. The number of halogens is 1. The van der Waals surface area contributed by atoms with E-state index in [1.54, 1.807) is 12.1 Å². The van der Waals surface area contributed by atoms with Crippen LogP contribution in [0.4, 0.5) is 4.39 Å². The first kappa shape index (κ1) is 17.1. The Balaban J connectivity index is 1.85. The molecule has 124 valence electrons. The van der Waals surface area contributed by atoms with E-state index in [4.69, 9.17) is 4.42 Å². The molecule has 0 unspecified atom stereocenters. The average Bonchev–Trinajstić information content (AvgIpc) is 3.02. The molecule has 0 fully saturated rings. The molecule has 0 spiro atoms. The minimum absolute atomic E-state index is 0.0540. The Bertz CT molecular complexity index is 623. The Labute approximate surface area is 134 Å². The van der Waals surface area contributed by atoms with Crippen molar-refractivity contribution < 1.29 is 13.6 Å². The Morgan fingerprint density at radius 3 is 2.57 bits per heavy atom. The van der Waals surface area contributed by atoms with E-state index in [1.165, 1.54) is 12.1 Å². The maximum atomic E-state index is 12.9. The smallest absolute Gasteiger partial charge is 0.308 e. The van der Waals surface area contributed by atoms with Gasteiger partial charge in [0, 0.05) is 13.1 Å². The number of likely N-dealkylation sites (N-methyl/N-ethyl adjacent to an activating group) is 1. The van der Waals surface area contributed by atoms with Crippen LogP contribution in [0.3, 0.4) is 0 Å². The number of carbonyl (C=O) groups is 1. The van der Waals surface area contributed by atoms with Gasteiger partial charge in [0.05, 0.1) is 6.42 Å². The lowest BCUT2D eigenvalue weighted by Gasteiger charge is -2.17. The number of hydrogen-bond donors (Lipinski definition) is 1. The SMILES string of the molecule is CCN(CC)CCNC(=O)c1nnc(Cc2ccc(F)cc2)o1. The van der Waals surface area contributed by atoms with Gasteiger partial charge < -0.3 is 14.6 Å². The molecule has 0 aliphatic heterocycles. The van der Waals surface area contributed by atoms with Gasteiger partial charge in [-0.2, -0.15) is 0 Å². The average molecular weight is 320 g/mol. The summed E-state index contributed by atoms with van der Waals surface area (Å²) in [5, 5.41) is 10.4. The predicted octanol–water partition coefficient (Wildman–Crippen LogP) is 1.87. The van der Waals surface area contributed by atoms with E-state index in [9.17, 15) is 9.18 Å². The number of amides is 1. The van der Waals surface area contributed by atoms with Crippen LogP contribution in [0.5, 0.6) is 0 Å². The standard InChI is InChI=1S/C16H21FN4O2/c1-3-21(4-2)10-9-18-15(22)16-20-19-14(23-16)11-12-5-7-13(17)8-6-12/h5-8H,3-4,9-11H2,1-2H3,(H,18,22). The Morgan fingerprint density at radius 1 is 1.22 bits per heavy atom. The summed E-state index contributed by atoms with van der Waals surface area (Å²) in [7, 11) is 0. The van der Waals surface area contributed by atoms with Gasteiger partial charge in [-0.1, -0.05) is 26.0 Å². The minimum Gasteiger partial charge on any atom is -0.417 e. The zero-order valence-electron chi connectivity index (χ0n) is 13.4. The highest BCUT2D eigenvalue weighted by Gasteiger charge is 2.15. The van der Waals surface area contributed by atoms with Gasteiger partial charge >= 0.3 is 11.8 Å². The fraction of sp³-hybridized carbons (Fsp3) is 0.438. The molecule has 1 amide bonds. The number of nitrogens with zero attached hydrogens (tertiary/aromatic N) is 3. The molecule has 1 N–H and O–H groups in total. The van der Waals surface area contributed by atoms with E-state index >= 15 is 0 Å². The highest BCUT2D eigenvalue weighted by Crippen LogP contribution is 2.09. The highest BCUT2D eigenvalue weighted by atomic mass is 19.1. The molecule has 0 saturated heterocycles. The first-order valence-electron chi connectivity index (χ1n) is 7.69. The number of aromatic nitrogens is 2. The number of benzene rings is 1. The van der Waals surface area contributed by atoms with Crippen LogP contribution in [0, 0.1) is 5.82 Å². The van der Waals surface area contributed by atoms with Crippen molar-refractivity contribution in [2.24, 2.45) is 0 Å². The summed E-state index contributed by atoms with van der Waals surface area (Å²) in [4.78, 5) is 14.1. The molecule has 0 aliphatic rings. The van der Waals surface area contributed by atoms with E-state index in [-0.39, 0.29) is 17.6 Å². The number of carbonyl (C=O) groups excluding carboxylic acids is 1. The molecular formula is C16H21FN4O2. The van der Waals surface area contributed by atoms with Crippen LogP contribution in [0.15, 0.2) is 28.7 Å². The molecule has 7 heteroatoms. The van der Waals surface area contributed by atoms with Crippen molar-refractivity contribution in [1.29, 1.82) is 0 Å². The second-order valence-electron chi connectivity index (χ2n) is 5.09. The summed E-state index contributed by atoms with van der Waals surface area (Å²) in [5.41, 5.74) is 0.837. The van der Waals surface area contributed by atoms with Crippen molar-refractivity contribution in [1.82, 2.24) is 20.4 Å². The lowest BCUT2D eigenvalue weighted by atomic mass is 10.1. The van der Waals surface area contributed by atoms with E-state index in [0.717, 1.165) is 25.2 Å². The fourth-order valence-electron chi connectivity index (χ4n) is 2.14. The summed E-state index contributed by atoms with van der Waals surface area (Å²) in [6, 6.07) is 6.02. The molecule has 2 aromatic rings. The van der Waals surface area contributed by atoms with Crippen molar-refractivity contribution >= 4 is 5.91 Å². The van der Waals surface area contributed by atoms with Gasteiger partial charge in [-0.25, -0.2) is 4.39 Å². The first-order chi connectivity index (χ1) is 11.1. The molecule has 0 aliphatic carbocycles. The molecular weight excluding hydrogens is 299 g/mol. The summed E-state index contributed by atoms with van der Waals surface area (Å²) < 4.78 is 18.2. The van der Waals surface area contributed by atoms with Crippen LogP contribution < -0.4 is 5.32 Å². The van der Waals surface area contributed by atoms with Crippen molar-refractivity contribution in [3.05, 3.63) is 47.4 Å². The van der Waals surface area contributed by atoms with Crippen LogP contribution in [-0.4, -0.2) is 47.2 Å². The summed E-state index contributed by atoms with van der Waals surface area (Å²) in [6.45, 7) is 7.32. The second-order valence-corrected chi connectivity index (χ2v) is 5.09. The summed E-state index contributed by atoms with van der Waals surface area (Å²) in [5.74, 6) is -0.408. The third kappa shape index (κ3) is 5.14. The Morgan fingerprint density at radius 2 is 1.91 bits per heavy atom. The molecule has 1 heterocycles. The topological polar surface area (TPSA) is 71.3 Å². The molecule has 0 atom stereocenters. The van der Waals surface area contributed by atoms with Gasteiger partial charge in [-0.15, -0.1) is 10.2 Å². The van der Waals surface area contributed by atoms with Crippen molar-refractivity contribution in [2.45, 2.75) is 20.3 Å². The summed E-state index contributed by atoms with van der Waals surface area (Å²) in [6.07, 6.45) is 0.361. The van der Waals surface area contributed by atoms with Gasteiger partial charge in [0.25, 0.3) is 0 Å². The number of rotatable bonds is 8. The van der Waals surface area contributed by atoms with Crippen LogP contribution >= 0.6 is 0 Å². The highest BCUT2D eigenvalue weighted by molar-refractivity contribution is 5.89. The maximum Gasteiger partial charge on any atom is 0.308 e. The van der Waals surface area contributed by atoms with Gasteiger partial charge in [0.1, 0.15) is 5.82 Å². The largest absolute Gasteiger partial charge is 0.417 e. The first-order valence-corrected chi connectivity index (χ1v) is 7.69. The third-order valence-electron chi connectivity index (χ3n) is 3.54. The third-order valence-corrected chi connectivity index (χ3v) is 3.54. The van der Waals surface area contributed by atoms with E-state index in [0.29, 0.717) is 18.9 Å². The molecule has 0 saturated carbocycles. The van der Waals surface area contributed by atoms with Gasteiger partial charge in [0.2, 0.25) is 5.89 Å². The number of hydrogen-bond acceptors (Lipinski definition) is 5. The van der Waals surface area contributed by atoms with Crippen LogP contribution in [0.1, 0.15) is 36.0 Å². The van der Waals surface area contributed by atoms with Crippen LogP contribution in [0.25, 0.3) is 0 Å². The molecule has 2 rings (SSSR count). The van der Waals surface area contributed by atoms with E-state index < -0.39 is 0 Å². The molecule has 0 radical (unpaired) electrons. The zero-order chi connectivity index (χ0) is 16.7. The summed E-state index contributed by atoms with van der Waals surface area (Å²) >= 11 is 0. The van der Waals surface area contributed by atoms with Gasteiger partial charge in [-0.3, -0.25) is 4.79 Å². The van der Waals surface area contributed by atoms with Crippen molar-refractivity contribution in [3.8, 4) is 0 Å². The second kappa shape index (κ2) is 8.38. The molecule has 6 nitrogen and oxygen atoms in total. The zero-order valence-corrected chi connectivity index (χ0v) is 13.4. The van der Waals surface area contributed by atoms with Gasteiger partial charge in [0.15, 0.2) is 0 Å². The van der Waals surface area contributed by atoms with Gasteiger partial charge in [-0.05, 0) is 30.8 Å². The van der Waals surface area contributed by atoms with Crippen LogP contribution in [-0.2, 0) is 6.42 Å². The van der Waals surface area contributed by atoms with E-state index in [2.05, 4.69) is 34.3 Å². The monoisotopic (exact) mass is 320 g/mol. The number of nitrogens with one attached hydrogen (secondary N) is 1. The molecule has 23 heavy (non-hydrogen) atoms. The molecule has 0 bridgehead atoms. The quantitative estimate of drug-likeness (QED) is 0.804. The van der Waals surface area contributed by atoms with E-state index in [1.807, 2.05) is 0 Å². The minimum atomic E-state index is -0.380. The Hall–Kier alpha value is -2.28. The Kier molecular flexibility index (Phi) is 6.22. The normalized spacial score (nSPS) is 11.0. The van der Waals surface area contributed by atoms with Crippen LogP contribution in [0.2, 0.25) is 0 Å². The molecule has 1 aromatic carbocycles. The van der Waals surface area contributed by atoms with Crippen molar-refractivity contribution in [3.63, 3.8) is 0 Å². The fourth-order valence-corrected chi connectivity index (χ4v) is 2.14.